The van der Waals surface area contributed by atoms with E-state index in [4.69, 9.17) is 9.47 Å². The molecule has 1 aliphatic heterocycles. The summed E-state index contributed by atoms with van der Waals surface area (Å²) in [4.78, 5) is 26.7. The predicted molar refractivity (Wildman–Crippen MR) is 114 cm³/mol. The molecule has 1 saturated carbocycles. The van der Waals surface area contributed by atoms with Crippen LogP contribution in [0.1, 0.15) is 46.5 Å². The molecule has 1 aliphatic carbocycles. The Bertz CT molecular complexity index is 682. The summed E-state index contributed by atoms with van der Waals surface area (Å²) >= 11 is 0. The molecule has 2 aliphatic rings. The molecule has 1 saturated heterocycles. The van der Waals surface area contributed by atoms with Crippen molar-refractivity contribution in [1.29, 1.82) is 0 Å². The predicted octanol–water partition coefficient (Wildman–Crippen LogP) is 3.86. The molecule has 6 heteroatoms. The summed E-state index contributed by atoms with van der Waals surface area (Å²) < 4.78 is 10.6. The number of morpholine rings is 1. The fourth-order valence-electron chi connectivity index (χ4n) is 4.22. The average molecular weight is 403 g/mol. The summed E-state index contributed by atoms with van der Waals surface area (Å²) in [6.07, 6.45) is 3.80. The molecule has 160 valence electrons. The summed E-state index contributed by atoms with van der Waals surface area (Å²) in [5.74, 6) is 0.0283. The largest absolute Gasteiger partial charge is 0.455 e. The van der Waals surface area contributed by atoms with Crippen molar-refractivity contribution < 1.29 is 19.1 Å². The first-order valence-corrected chi connectivity index (χ1v) is 10.7. The van der Waals surface area contributed by atoms with Crippen molar-refractivity contribution >= 4 is 23.3 Å². The van der Waals surface area contributed by atoms with E-state index in [-0.39, 0.29) is 29.8 Å². The third kappa shape index (κ3) is 6.20. The van der Waals surface area contributed by atoms with Gasteiger partial charge in [0.2, 0.25) is 0 Å². The van der Waals surface area contributed by atoms with Crippen molar-refractivity contribution in [3.05, 3.63) is 24.3 Å². The average Bonchev–Trinajstić information content (AvgIpc) is 2.73. The fourth-order valence-corrected chi connectivity index (χ4v) is 4.22. The maximum Gasteiger partial charge on any atom is 0.309 e. The number of nitrogens with one attached hydrogen (secondary N) is 1. The molecule has 0 atom stereocenters. The van der Waals surface area contributed by atoms with E-state index in [9.17, 15) is 9.59 Å². The zero-order chi connectivity index (χ0) is 20.9. The number of hydrogen-bond donors (Lipinski definition) is 1. The van der Waals surface area contributed by atoms with Crippen LogP contribution in [0.5, 0.6) is 0 Å². The van der Waals surface area contributed by atoms with Gasteiger partial charge < -0.3 is 19.7 Å². The Morgan fingerprint density at radius 3 is 2.28 bits per heavy atom. The van der Waals surface area contributed by atoms with Crippen molar-refractivity contribution in [3.8, 4) is 0 Å². The highest BCUT2D eigenvalue weighted by molar-refractivity contribution is 5.93. The lowest BCUT2D eigenvalue weighted by atomic mass is 9.70. The molecular formula is C23H34N2O4. The lowest BCUT2D eigenvalue weighted by Gasteiger charge is -2.36. The lowest BCUT2D eigenvalue weighted by Crippen LogP contribution is -2.36. The zero-order valence-electron chi connectivity index (χ0n) is 17.9. The highest BCUT2D eigenvalue weighted by Crippen LogP contribution is 2.40. The van der Waals surface area contributed by atoms with Gasteiger partial charge in [-0.15, -0.1) is 0 Å². The second-order valence-electron chi connectivity index (χ2n) is 9.22. The van der Waals surface area contributed by atoms with Gasteiger partial charge in [0.25, 0.3) is 5.91 Å². The Morgan fingerprint density at radius 1 is 1.07 bits per heavy atom. The summed E-state index contributed by atoms with van der Waals surface area (Å²) in [7, 11) is 0. The number of carbonyl (C=O) groups is 2. The highest BCUT2D eigenvalue weighted by atomic mass is 16.5. The Kier molecular flexibility index (Phi) is 7.17. The van der Waals surface area contributed by atoms with Crippen LogP contribution in [-0.4, -0.2) is 44.8 Å². The maximum atomic E-state index is 12.3. The monoisotopic (exact) mass is 402 g/mol. The molecule has 1 amide bonds. The smallest absolute Gasteiger partial charge is 0.309 e. The minimum absolute atomic E-state index is 0.0748. The molecule has 29 heavy (non-hydrogen) atoms. The van der Waals surface area contributed by atoms with Crippen LogP contribution in [0, 0.1) is 17.3 Å². The SMILES string of the molecule is CC(C)(C)C1CCC(C(=O)OCC(=O)Nc2ccc(N3CCOCC3)cc2)CC1. The lowest BCUT2D eigenvalue weighted by molar-refractivity contribution is -0.153. The quantitative estimate of drug-likeness (QED) is 0.758. The van der Waals surface area contributed by atoms with Gasteiger partial charge in [0.15, 0.2) is 6.61 Å². The number of rotatable bonds is 5. The first-order valence-electron chi connectivity index (χ1n) is 10.7. The Labute approximate surface area is 173 Å². The van der Waals surface area contributed by atoms with Crippen molar-refractivity contribution in [2.75, 3.05) is 43.1 Å². The molecule has 0 unspecified atom stereocenters. The van der Waals surface area contributed by atoms with Crippen LogP contribution >= 0.6 is 0 Å². The van der Waals surface area contributed by atoms with Crippen LogP contribution in [0.25, 0.3) is 0 Å². The molecule has 1 N–H and O–H groups in total. The molecule has 0 bridgehead atoms. The van der Waals surface area contributed by atoms with Crippen molar-refractivity contribution in [2.45, 2.75) is 46.5 Å². The number of hydrogen-bond acceptors (Lipinski definition) is 5. The number of nitrogens with zero attached hydrogens (tertiary/aromatic N) is 1. The van der Waals surface area contributed by atoms with Gasteiger partial charge >= 0.3 is 5.97 Å². The summed E-state index contributed by atoms with van der Waals surface area (Å²) in [5.41, 5.74) is 2.10. The first-order chi connectivity index (χ1) is 13.8. The number of esters is 1. The standard InChI is InChI=1S/C23H34N2O4/c1-23(2,3)18-6-4-17(5-7-18)22(27)29-16-21(26)24-19-8-10-20(11-9-19)25-12-14-28-15-13-25/h8-11,17-18H,4-7,12-16H2,1-3H3,(H,24,26). The molecule has 0 aromatic heterocycles. The van der Waals surface area contributed by atoms with Gasteiger partial charge in [-0.25, -0.2) is 0 Å². The van der Waals surface area contributed by atoms with Crippen molar-refractivity contribution in [3.63, 3.8) is 0 Å². The highest BCUT2D eigenvalue weighted by Gasteiger charge is 2.33. The fraction of sp³-hybridized carbons (Fsp3) is 0.652. The van der Waals surface area contributed by atoms with Crippen LogP contribution in [0.15, 0.2) is 24.3 Å². The van der Waals surface area contributed by atoms with E-state index in [1.54, 1.807) is 0 Å². The topological polar surface area (TPSA) is 67.9 Å². The Morgan fingerprint density at radius 2 is 1.69 bits per heavy atom. The Hall–Kier alpha value is -2.08. The van der Waals surface area contributed by atoms with Crippen LogP contribution in [0.2, 0.25) is 0 Å². The second-order valence-corrected chi connectivity index (χ2v) is 9.22. The van der Waals surface area contributed by atoms with Crippen molar-refractivity contribution in [2.24, 2.45) is 17.3 Å². The first kappa shape index (κ1) is 21.6. The van der Waals surface area contributed by atoms with Gasteiger partial charge in [0.05, 0.1) is 19.1 Å². The summed E-state index contributed by atoms with van der Waals surface area (Å²) in [6, 6.07) is 7.72. The van der Waals surface area contributed by atoms with Crippen LogP contribution in [0.3, 0.4) is 0 Å². The van der Waals surface area contributed by atoms with Gasteiger partial charge in [-0.1, -0.05) is 20.8 Å². The molecule has 2 fully saturated rings. The van der Waals surface area contributed by atoms with E-state index in [0.29, 0.717) is 11.6 Å². The van der Waals surface area contributed by atoms with Crippen molar-refractivity contribution in [1.82, 2.24) is 0 Å². The summed E-state index contributed by atoms with van der Waals surface area (Å²) in [6.45, 7) is 9.77. The second kappa shape index (κ2) is 9.61. The number of ether oxygens (including phenoxy) is 2. The molecule has 0 radical (unpaired) electrons. The molecular weight excluding hydrogens is 368 g/mol. The molecule has 6 nitrogen and oxygen atoms in total. The van der Waals surface area contributed by atoms with E-state index in [2.05, 4.69) is 31.0 Å². The molecule has 1 aromatic rings. The third-order valence-electron chi connectivity index (χ3n) is 6.16. The number of anilines is 2. The van der Waals surface area contributed by atoms with E-state index in [1.165, 1.54) is 0 Å². The van der Waals surface area contributed by atoms with E-state index < -0.39 is 0 Å². The number of amides is 1. The summed E-state index contributed by atoms with van der Waals surface area (Å²) in [5, 5.41) is 2.80. The zero-order valence-corrected chi connectivity index (χ0v) is 17.9. The van der Waals surface area contributed by atoms with Crippen LogP contribution in [0.4, 0.5) is 11.4 Å². The van der Waals surface area contributed by atoms with E-state index in [0.717, 1.165) is 57.7 Å². The van der Waals surface area contributed by atoms with E-state index in [1.807, 2.05) is 24.3 Å². The van der Waals surface area contributed by atoms with E-state index >= 15 is 0 Å². The molecule has 1 heterocycles. The number of carbonyl (C=O) groups excluding carboxylic acids is 2. The molecule has 3 rings (SSSR count). The third-order valence-corrected chi connectivity index (χ3v) is 6.16. The van der Waals surface area contributed by atoms with Gasteiger partial charge in [-0.3, -0.25) is 9.59 Å². The van der Waals surface area contributed by atoms with Gasteiger partial charge in [0.1, 0.15) is 0 Å². The maximum absolute atomic E-state index is 12.3. The molecule has 0 spiro atoms. The minimum atomic E-state index is -0.305. The van der Waals surface area contributed by atoms with Crippen LogP contribution in [-0.2, 0) is 19.1 Å². The minimum Gasteiger partial charge on any atom is -0.455 e. The molecule has 1 aromatic carbocycles. The van der Waals surface area contributed by atoms with Gasteiger partial charge in [-0.05, 0) is 61.3 Å². The van der Waals surface area contributed by atoms with Gasteiger partial charge in [-0.2, -0.15) is 0 Å². The Balaban J connectivity index is 1.40. The number of benzene rings is 1. The van der Waals surface area contributed by atoms with Gasteiger partial charge in [0, 0.05) is 24.5 Å². The van der Waals surface area contributed by atoms with Crippen LogP contribution < -0.4 is 10.2 Å². The normalized spacial score (nSPS) is 22.8.